The second kappa shape index (κ2) is 3.26. The zero-order valence-corrected chi connectivity index (χ0v) is 7.53. The van der Waals surface area contributed by atoms with Gasteiger partial charge in [0.25, 0.3) is 0 Å². The van der Waals surface area contributed by atoms with Crippen molar-refractivity contribution in [1.82, 2.24) is 10.3 Å². The molecule has 1 N–H and O–H groups in total. The summed E-state index contributed by atoms with van der Waals surface area (Å²) in [5.41, 5.74) is 0.972. The van der Waals surface area contributed by atoms with Crippen LogP contribution in [0.25, 0.3) is 0 Å². The fraction of sp³-hybridized carbons (Fsp3) is 0.400. The number of nitrogens with one attached hydrogen (secondary N) is 1. The molecule has 1 saturated heterocycles. The maximum Gasteiger partial charge on any atom is 0.166 e. The Hall–Kier alpha value is -1.22. The molecule has 1 aromatic rings. The molecule has 0 aliphatic carbocycles. The molecule has 2 rings (SSSR count). The summed E-state index contributed by atoms with van der Waals surface area (Å²) in [4.78, 5) is 15.4. The smallest absolute Gasteiger partial charge is 0.166 e. The van der Waals surface area contributed by atoms with Crippen LogP contribution in [-0.4, -0.2) is 22.9 Å². The molecule has 0 spiro atoms. The average Bonchev–Trinajstić information content (AvgIpc) is 2.19. The fourth-order valence-electron chi connectivity index (χ4n) is 1.56. The lowest BCUT2D eigenvalue weighted by Crippen LogP contribution is -2.61. The van der Waals surface area contributed by atoms with Gasteiger partial charge in [-0.25, -0.2) is 0 Å². The van der Waals surface area contributed by atoms with Crippen molar-refractivity contribution >= 4 is 5.78 Å². The summed E-state index contributed by atoms with van der Waals surface area (Å²) in [6.07, 6.45) is 2.46. The Bertz CT molecular complexity index is 310. The highest BCUT2D eigenvalue weighted by molar-refractivity contribution is 5.94. The topological polar surface area (TPSA) is 42.0 Å². The van der Waals surface area contributed by atoms with Gasteiger partial charge in [0.15, 0.2) is 5.78 Å². The molecule has 0 bridgehead atoms. The van der Waals surface area contributed by atoms with Crippen molar-refractivity contribution in [3.05, 3.63) is 30.1 Å². The first-order chi connectivity index (χ1) is 6.27. The fourth-order valence-corrected chi connectivity index (χ4v) is 1.56. The zero-order chi connectivity index (χ0) is 9.26. The van der Waals surface area contributed by atoms with Crippen LogP contribution in [0.5, 0.6) is 0 Å². The summed E-state index contributed by atoms with van der Waals surface area (Å²) in [7, 11) is 0. The molecule has 2 atom stereocenters. The molecule has 0 aromatic carbocycles. The quantitative estimate of drug-likeness (QED) is 0.715. The Labute approximate surface area is 77.2 Å². The molecule has 0 radical (unpaired) electrons. The predicted octanol–water partition coefficient (Wildman–Crippen LogP) is 0.553. The number of aromatic nitrogens is 1. The molecule has 2 heterocycles. The van der Waals surface area contributed by atoms with Crippen LogP contribution >= 0.6 is 0 Å². The number of nitrogens with zero attached hydrogens (tertiary/aromatic N) is 1. The lowest BCUT2D eigenvalue weighted by molar-refractivity contribution is -0.129. The summed E-state index contributed by atoms with van der Waals surface area (Å²) in [6.45, 7) is 1.89. The summed E-state index contributed by atoms with van der Waals surface area (Å²) < 4.78 is 0. The minimum absolute atomic E-state index is 0.00935. The van der Waals surface area contributed by atoms with E-state index >= 15 is 0 Å². The van der Waals surface area contributed by atoms with E-state index in [0.717, 1.165) is 5.69 Å². The minimum Gasteiger partial charge on any atom is -0.298 e. The van der Waals surface area contributed by atoms with Gasteiger partial charge in [-0.05, 0) is 19.1 Å². The largest absolute Gasteiger partial charge is 0.298 e. The Balaban J connectivity index is 1.97. The molecule has 1 fully saturated rings. The van der Waals surface area contributed by atoms with Gasteiger partial charge in [0, 0.05) is 18.3 Å². The molecule has 13 heavy (non-hydrogen) atoms. The Kier molecular flexibility index (Phi) is 2.10. The first-order valence-corrected chi connectivity index (χ1v) is 4.47. The standard InChI is InChI=1S/C10H12N2O/c1-7-10(13)9(12-7)6-8-4-2-3-5-11-8/h2-5,7,9,12H,6H2,1H3. The summed E-state index contributed by atoms with van der Waals surface area (Å²) in [5.74, 6) is 0.297. The number of ketones is 1. The molecule has 68 valence electrons. The van der Waals surface area contributed by atoms with Gasteiger partial charge in [-0.1, -0.05) is 6.07 Å². The van der Waals surface area contributed by atoms with Crippen LogP contribution in [0.3, 0.4) is 0 Å². The molecule has 0 saturated carbocycles. The van der Waals surface area contributed by atoms with Gasteiger partial charge in [0.1, 0.15) is 0 Å². The van der Waals surface area contributed by atoms with Crippen molar-refractivity contribution in [2.75, 3.05) is 0 Å². The van der Waals surface area contributed by atoms with Crippen LogP contribution in [0, 0.1) is 0 Å². The number of carbonyl (C=O) groups is 1. The maximum absolute atomic E-state index is 11.3. The first-order valence-electron chi connectivity index (χ1n) is 4.47. The Morgan fingerprint density at radius 3 is 2.92 bits per heavy atom. The van der Waals surface area contributed by atoms with Crippen LogP contribution < -0.4 is 5.32 Å². The number of pyridine rings is 1. The van der Waals surface area contributed by atoms with Crippen LogP contribution in [0.15, 0.2) is 24.4 Å². The SMILES string of the molecule is CC1NC(Cc2ccccn2)C1=O. The van der Waals surface area contributed by atoms with Crippen LogP contribution in [-0.2, 0) is 11.2 Å². The van der Waals surface area contributed by atoms with Crippen molar-refractivity contribution in [3.8, 4) is 0 Å². The van der Waals surface area contributed by atoms with Gasteiger partial charge in [0.05, 0.1) is 12.1 Å². The highest BCUT2D eigenvalue weighted by Gasteiger charge is 2.34. The lowest BCUT2D eigenvalue weighted by Gasteiger charge is -2.32. The number of Topliss-reactive ketones (excluding diaryl/α,β-unsaturated/α-hetero) is 1. The van der Waals surface area contributed by atoms with E-state index in [1.807, 2.05) is 25.1 Å². The molecule has 1 aliphatic rings. The third-order valence-corrected chi connectivity index (χ3v) is 2.36. The van der Waals surface area contributed by atoms with Gasteiger partial charge in [0.2, 0.25) is 0 Å². The number of carbonyl (C=O) groups excluding carboxylic acids is 1. The van der Waals surface area contributed by atoms with Gasteiger partial charge < -0.3 is 0 Å². The normalized spacial score (nSPS) is 27.0. The summed E-state index contributed by atoms with van der Waals surface area (Å²) in [6, 6.07) is 5.79. The van der Waals surface area contributed by atoms with E-state index < -0.39 is 0 Å². The van der Waals surface area contributed by atoms with E-state index in [-0.39, 0.29) is 12.1 Å². The highest BCUT2D eigenvalue weighted by atomic mass is 16.1. The number of hydrogen-bond acceptors (Lipinski definition) is 3. The molecule has 0 amide bonds. The van der Waals surface area contributed by atoms with Crippen molar-refractivity contribution in [2.45, 2.75) is 25.4 Å². The first kappa shape index (κ1) is 8.38. The van der Waals surface area contributed by atoms with E-state index in [1.54, 1.807) is 6.20 Å². The Morgan fingerprint density at radius 2 is 2.38 bits per heavy atom. The molecule has 3 heteroatoms. The predicted molar refractivity (Wildman–Crippen MR) is 49.3 cm³/mol. The van der Waals surface area contributed by atoms with E-state index in [9.17, 15) is 4.79 Å². The van der Waals surface area contributed by atoms with Crippen molar-refractivity contribution in [2.24, 2.45) is 0 Å². The number of rotatable bonds is 2. The average molecular weight is 176 g/mol. The van der Waals surface area contributed by atoms with Gasteiger partial charge in [-0.2, -0.15) is 0 Å². The Morgan fingerprint density at radius 1 is 1.54 bits per heavy atom. The van der Waals surface area contributed by atoms with E-state index in [4.69, 9.17) is 0 Å². The van der Waals surface area contributed by atoms with E-state index in [2.05, 4.69) is 10.3 Å². The van der Waals surface area contributed by atoms with Crippen molar-refractivity contribution in [3.63, 3.8) is 0 Å². The molecule has 1 aliphatic heterocycles. The van der Waals surface area contributed by atoms with E-state index in [1.165, 1.54) is 0 Å². The second-order valence-corrected chi connectivity index (χ2v) is 3.37. The van der Waals surface area contributed by atoms with Crippen molar-refractivity contribution < 1.29 is 4.79 Å². The molecular weight excluding hydrogens is 164 g/mol. The third-order valence-electron chi connectivity index (χ3n) is 2.36. The molecule has 3 nitrogen and oxygen atoms in total. The zero-order valence-electron chi connectivity index (χ0n) is 7.53. The van der Waals surface area contributed by atoms with Crippen LogP contribution in [0.2, 0.25) is 0 Å². The maximum atomic E-state index is 11.3. The van der Waals surface area contributed by atoms with Gasteiger partial charge >= 0.3 is 0 Å². The third kappa shape index (κ3) is 1.60. The van der Waals surface area contributed by atoms with Gasteiger partial charge in [-0.3, -0.25) is 15.1 Å². The summed E-state index contributed by atoms with van der Waals surface area (Å²) in [5, 5.41) is 3.15. The van der Waals surface area contributed by atoms with E-state index in [0.29, 0.717) is 12.2 Å². The summed E-state index contributed by atoms with van der Waals surface area (Å²) >= 11 is 0. The lowest BCUT2D eigenvalue weighted by atomic mass is 9.92. The van der Waals surface area contributed by atoms with Gasteiger partial charge in [-0.15, -0.1) is 0 Å². The minimum atomic E-state index is -0.00935. The highest BCUT2D eigenvalue weighted by Crippen LogP contribution is 2.10. The molecule has 1 aromatic heterocycles. The molecular formula is C10H12N2O. The van der Waals surface area contributed by atoms with Crippen LogP contribution in [0.1, 0.15) is 12.6 Å². The monoisotopic (exact) mass is 176 g/mol. The number of hydrogen-bond donors (Lipinski definition) is 1. The van der Waals surface area contributed by atoms with Crippen LogP contribution in [0.4, 0.5) is 0 Å². The second-order valence-electron chi connectivity index (χ2n) is 3.37. The molecule has 2 unspecified atom stereocenters. The van der Waals surface area contributed by atoms with Crippen molar-refractivity contribution in [1.29, 1.82) is 0 Å².